The van der Waals surface area contributed by atoms with Crippen molar-refractivity contribution < 1.29 is 17.4 Å². The Bertz CT molecular complexity index is 846. The fourth-order valence-electron chi connectivity index (χ4n) is 1.90. The lowest BCUT2D eigenvalue weighted by Gasteiger charge is -2.13. The minimum atomic E-state index is -4.62. The molecule has 0 aliphatic heterocycles. The molecule has 0 radical (unpaired) electrons. The molecule has 132 valence electrons. The molecular formula is C11H9Cl2F3N4OS3. The van der Waals surface area contributed by atoms with E-state index < -0.39 is 32.2 Å². The molecule has 0 spiro atoms. The van der Waals surface area contributed by atoms with Crippen LogP contribution in [0, 0.1) is 0 Å². The summed E-state index contributed by atoms with van der Waals surface area (Å²) >= 11 is 16.8. The number of nitrogens with two attached hydrogens (primary N) is 2. The Labute approximate surface area is 154 Å². The van der Waals surface area contributed by atoms with Gasteiger partial charge in [0, 0.05) is 6.26 Å². The first kappa shape index (κ1) is 19.6. The lowest BCUT2D eigenvalue weighted by Crippen LogP contribution is -2.09. The molecule has 13 heteroatoms. The number of halogens is 5. The average Bonchev–Trinajstić information content (AvgIpc) is 2.75. The topological polar surface area (TPSA) is 86.9 Å². The lowest BCUT2D eigenvalue weighted by atomic mass is 10.2. The normalized spacial score (nSPS) is 14.6. The first-order valence-corrected chi connectivity index (χ1v) is 10.4. The predicted octanol–water partition coefficient (Wildman–Crippen LogP) is 2.83. The number of alkyl halides is 3. The zero-order chi connectivity index (χ0) is 18.4. The van der Waals surface area contributed by atoms with E-state index in [0.29, 0.717) is 12.1 Å². The largest absolute Gasteiger partial charge is 0.416 e. The van der Waals surface area contributed by atoms with E-state index in [9.17, 15) is 17.4 Å². The van der Waals surface area contributed by atoms with E-state index in [4.69, 9.17) is 45.3 Å². The molecule has 0 aliphatic carbocycles. The smallest absolute Gasteiger partial charge is 0.383 e. The summed E-state index contributed by atoms with van der Waals surface area (Å²) in [4.78, 5) is 0.0999. The van der Waals surface area contributed by atoms with E-state index >= 15 is 0 Å². The SMILES string of the molecule is CS(=O)c1c(S(N)=S)nn(-c2c(Cl)cc(C(F)(F)F)cc2Cl)c1N. The summed E-state index contributed by atoms with van der Waals surface area (Å²) in [5, 5.41) is 9.11. The Morgan fingerprint density at radius 1 is 1.29 bits per heavy atom. The molecule has 2 atom stereocenters. The molecule has 2 aromatic rings. The summed E-state index contributed by atoms with van der Waals surface area (Å²) < 4.78 is 51.3. The number of aromatic nitrogens is 2. The Kier molecular flexibility index (Phi) is 5.62. The second-order valence-corrected chi connectivity index (χ2v) is 8.66. The molecule has 0 aliphatic rings. The van der Waals surface area contributed by atoms with Crippen LogP contribution >= 0.6 is 23.2 Å². The lowest BCUT2D eigenvalue weighted by molar-refractivity contribution is -0.137. The van der Waals surface area contributed by atoms with Crippen LogP contribution in [0.25, 0.3) is 5.69 Å². The van der Waals surface area contributed by atoms with Gasteiger partial charge in [-0.1, -0.05) is 23.2 Å². The summed E-state index contributed by atoms with van der Waals surface area (Å²) in [6.45, 7) is 0. The molecule has 0 saturated carbocycles. The van der Waals surface area contributed by atoms with E-state index in [1.165, 1.54) is 6.26 Å². The van der Waals surface area contributed by atoms with Gasteiger partial charge in [0.2, 0.25) is 0 Å². The van der Waals surface area contributed by atoms with E-state index in [-0.39, 0.29) is 31.5 Å². The fourth-order valence-corrected chi connectivity index (χ4v) is 4.79. The van der Waals surface area contributed by atoms with Gasteiger partial charge in [-0.25, -0.2) is 4.68 Å². The first-order valence-electron chi connectivity index (χ1n) is 5.89. The quantitative estimate of drug-likeness (QED) is 0.772. The highest BCUT2D eigenvalue weighted by Gasteiger charge is 2.33. The third-order valence-corrected chi connectivity index (χ3v) is 5.70. The molecule has 4 N–H and O–H groups in total. The van der Waals surface area contributed by atoms with Gasteiger partial charge in [-0.3, -0.25) is 9.35 Å². The molecule has 5 nitrogen and oxygen atoms in total. The highest BCUT2D eigenvalue weighted by Crippen LogP contribution is 2.39. The van der Waals surface area contributed by atoms with Crippen LogP contribution in [0.15, 0.2) is 22.1 Å². The zero-order valence-corrected chi connectivity index (χ0v) is 15.7. The molecule has 0 amide bonds. The van der Waals surface area contributed by atoms with Crippen LogP contribution in [0.3, 0.4) is 0 Å². The van der Waals surface area contributed by atoms with Crippen molar-refractivity contribution >= 4 is 60.6 Å². The molecule has 0 fully saturated rings. The van der Waals surface area contributed by atoms with Gasteiger partial charge >= 0.3 is 6.18 Å². The third-order valence-electron chi connectivity index (χ3n) is 2.88. The van der Waals surface area contributed by atoms with Crippen molar-refractivity contribution in [3.63, 3.8) is 0 Å². The van der Waals surface area contributed by atoms with Crippen molar-refractivity contribution in [1.82, 2.24) is 9.78 Å². The van der Waals surface area contributed by atoms with Crippen molar-refractivity contribution in [2.45, 2.75) is 16.1 Å². The van der Waals surface area contributed by atoms with Crippen molar-refractivity contribution in [3.8, 4) is 5.69 Å². The molecule has 2 unspecified atom stereocenters. The minimum Gasteiger partial charge on any atom is -0.383 e. The van der Waals surface area contributed by atoms with E-state index in [1.54, 1.807) is 0 Å². The number of hydrogen-bond acceptors (Lipinski definition) is 4. The molecular weight excluding hydrogens is 428 g/mol. The van der Waals surface area contributed by atoms with Gasteiger partial charge in [0.1, 0.15) is 16.4 Å². The highest BCUT2D eigenvalue weighted by molar-refractivity contribution is 8.27. The predicted molar refractivity (Wildman–Crippen MR) is 92.5 cm³/mol. The van der Waals surface area contributed by atoms with Crippen LogP contribution in [-0.2, 0) is 37.8 Å². The third kappa shape index (κ3) is 3.60. The van der Waals surface area contributed by atoms with Gasteiger partial charge in [0.25, 0.3) is 0 Å². The van der Waals surface area contributed by atoms with Gasteiger partial charge in [0.05, 0.1) is 26.4 Å². The second-order valence-electron chi connectivity index (χ2n) is 4.47. The van der Waals surface area contributed by atoms with Gasteiger partial charge in [0.15, 0.2) is 5.03 Å². The second kappa shape index (κ2) is 6.89. The first-order chi connectivity index (χ1) is 10.9. The van der Waals surface area contributed by atoms with Crippen LogP contribution in [0.1, 0.15) is 5.56 Å². The van der Waals surface area contributed by atoms with Crippen LogP contribution in [0.2, 0.25) is 10.0 Å². The van der Waals surface area contributed by atoms with Crippen LogP contribution in [0.4, 0.5) is 19.0 Å². The Morgan fingerprint density at radius 3 is 2.12 bits per heavy atom. The maximum atomic E-state index is 12.8. The Hall–Kier alpha value is -0.720. The standard InChI is InChI=1S/C11H9Cl2F3N4OS3/c1-23(21)8-9(17)20(19-10(8)24(18)22)7-5(12)2-4(3-6(7)13)11(14,15)16/h2-3H,17-18H2,1H3. The van der Waals surface area contributed by atoms with E-state index in [0.717, 1.165) is 4.68 Å². The summed E-state index contributed by atoms with van der Waals surface area (Å²) in [5.41, 5.74) is 4.81. The Morgan fingerprint density at radius 2 is 1.79 bits per heavy atom. The van der Waals surface area contributed by atoms with Crippen molar-refractivity contribution in [2.24, 2.45) is 5.14 Å². The summed E-state index contributed by atoms with van der Waals surface area (Å²) in [5.74, 6) is -0.109. The molecule has 24 heavy (non-hydrogen) atoms. The molecule has 0 bridgehead atoms. The number of nitrogen functional groups attached to an aromatic ring is 1. The zero-order valence-electron chi connectivity index (χ0n) is 11.7. The van der Waals surface area contributed by atoms with Crippen LogP contribution in [-0.4, -0.2) is 20.2 Å². The number of benzene rings is 1. The Balaban J connectivity index is 2.77. The average molecular weight is 437 g/mol. The van der Waals surface area contributed by atoms with E-state index in [2.05, 4.69) is 5.10 Å². The summed E-state index contributed by atoms with van der Waals surface area (Å²) in [6, 6.07) is 1.39. The van der Waals surface area contributed by atoms with Crippen molar-refractivity contribution in [1.29, 1.82) is 0 Å². The van der Waals surface area contributed by atoms with Gasteiger partial charge < -0.3 is 5.73 Å². The fraction of sp³-hybridized carbons (Fsp3) is 0.182. The molecule has 1 aromatic carbocycles. The maximum Gasteiger partial charge on any atom is 0.416 e. The van der Waals surface area contributed by atoms with Crippen LogP contribution < -0.4 is 10.9 Å². The molecule has 0 saturated heterocycles. The molecule has 1 aromatic heterocycles. The van der Waals surface area contributed by atoms with Gasteiger partial charge in [-0.05, 0) is 33.0 Å². The van der Waals surface area contributed by atoms with Crippen molar-refractivity contribution in [3.05, 3.63) is 27.7 Å². The number of hydrogen-bond donors (Lipinski definition) is 2. The van der Waals surface area contributed by atoms with E-state index in [1.807, 2.05) is 0 Å². The monoisotopic (exact) mass is 436 g/mol. The van der Waals surface area contributed by atoms with Gasteiger partial charge in [-0.15, -0.1) is 0 Å². The number of nitrogens with zero attached hydrogens (tertiary/aromatic N) is 2. The highest BCUT2D eigenvalue weighted by atomic mass is 35.5. The maximum absolute atomic E-state index is 12.8. The molecule has 1 heterocycles. The number of rotatable bonds is 3. The summed E-state index contributed by atoms with van der Waals surface area (Å²) in [7, 11) is -2.87. The molecule has 2 rings (SSSR count). The minimum absolute atomic E-state index is 0.0813. The van der Waals surface area contributed by atoms with Gasteiger partial charge in [-0.2, -0.15) is 18.3 Å². The van der Waals surface area contributed by atoms with Crippen LogP contribution in [0.5, 0.6) is 0 Å². The summed E-state index contributed by atoms with van der Waals surface area (Å²) in [6.07, 6.45) is -3.27. The number of anilines is 1. The van der Waals surface area contributed by atoms with Crippen molar-refractivity contribution in [2.75, 3.05) is 12.0 Å².